The van der Waals surface area contributed by atoms with E-state index < -0.39 is 6.10 Å². The van der Waals surface area contributed by atoms with Crippen molar-refractivity contribution in [1.29, 1.82) is 0 Å². The molecule has 0 saturated heterocycles. The Morgan fingerprint density at radius 2 is 1.77 bits per heavy atom. The van der Waals surface area contributed by atoms with E-state index in [1.165, 1.54) is 0 Å². The van der Waals surface area contributed by atoms with Crippen molar-refractivity contribution in [3.63, 3.8) is 0 Å². The summed E-state index contributed by atoms with van der Waals surface area (Å²) in [7, 11) is 0. The van der Waals surface area contributed by atoms with E-state index in [1.807, 2.05) is 32.0 Å². The number of anilines is 1. The standard InChI is InChI=1S/C17H17Cl2NO2/c1-10-5-4-6-11(2)16(10)20-17(21)12(3)22-15-9-13(18)7-8-14(15)19/h4-9,12H,1-3H3,(H,20,21)/t12-/m1/s1. The van der Waals surface area contributed by atoms with Gasteiger partial charge in [0.2, 0.25) is 0 Å². The lowest BCUT2D eigenvalue weighted by Crippen LogP contribution is -2.30. The van der Waals surface area contributed by atoms with Gasteiger partial charge in [0.1, 0.15) is 5.75 Å². The first-order chi connectivity index (χ1) is 10.4. The number of carbonyl (C=O) groups excluding carboxylic acids is 1. The predicted molar refractivity (Wildman–Crippen MR) is 91.1 cm³/mol. The van der Waals surface area contributed by atoms with Crippen LogP contribution in [-0.4, -0.2) is 12.0 Å². The Balaban J connectivity index is 2.11. The van der Waals surface area contributed by atoms with Gasteiger partial charge in [-0.2, -0.15) is 0 Å². The third-order valence-electron chi connectivity index (χ3n) is 3.30. The number of ether oxygens (including phenoxy) is 1. The van der Waals surface area contributed by atoms with Crippen molar-refractivity contribution < 1.29 is 9.53 Å². The molecule has 0 aliphatic rings. The minimum Gasteiger partial charge on any atom is -0.479 e. The van der Waals surface area contributed by atoms with E-state index in [2.05, 4.69) is 5.32 Å². The second-order valence-corrected chi connectivity index (χ2v) is 5.93. The molecule has 1 atom stereocenters. The molecule has 2 aromatic rings. The number of hydrogen-bond donors (Lipinski definition) is 1. The molecular weight excluding hydrogens is 321 g/mol. The molecule has 5 heteroatoms. The Hall–Kier alpha value is -1.71. The van der Waals surface area contributed by atoms with Crippen molar-refractivity contribution in [3.05, 3.63) is 57.6 Å². The Morgan fingerprint density at radius 1 is 1.14 bits per heavy atom. The fourth-order valence-corrected chi connectivity index (χ4v) is 2.37. The van der Waals surface area contributed by atoms with E-state index in [0.717, 1.165) is 16.8 Å². The highest BCUT2D eigenvalue weighted by atomic mass is 35.5. The summed E-state index contributed by atoms with van der Waals surface area (Å²) in [6.45, 7) is 5.56. The molecule has 1 amide bonds. The van der Waals surface area contributed by atoms with Crippen LogP contribution < -0.4 is 10.1 Å². The van der Waals surface area contributed by atoms with Gasteiger partial charge >= 0.3 is 0 Å². The van der Waals surface area contributed by atoms with E-state index in [0.29, 0.717) is 15.8 Å². The van der Waals surface area contributed by atoms with Crippen molar-refractivity contribution in [2.45, 2.75) is 26.9 Å². The monoisotopic (exact) mass is 337 g/mol. The summed E-state index contributed by atoms with van der Waals surface area (Å²) in [6, 6.07) is 10.7. The van der Waals surface area contributed by atoms with Gasteiger partial charge in [-0.15, -0.1) is 0 Å². The summed E-state index contributed by atoms with van der Waals surface area (Å²) >= 11 is 12.0. The molecule has 2 rings (SSSR count). The average molecular weight is 338 g/mol. The first-order valence-corrected chi connectivity index (χ1v) is 7.63. The van der Waals surface area contributed by atoms with Crippen LogP contribution in [0.15, 0.2) is 36.4 Å². The number of amides is 1. The van der Waals surface area contributed by atoms with E-state index in [1.54, 1.807) is 25.1 Å². The fraction of sp³-hybridized carbons (Fsp3) is 0.235. The molecule has 0 heterocycles. The molecule has 116 valence electrons. The highest BCUT2D eigenvalue weighted by Crippen LogP contribution is 2.29. The number of para-hydroxylation sites is 1. The van der Waals surface area contributed by atoms with E-state index in [4.69, 9.17) is 27.9 Å². The minimum atomic E-state index is -0.699. The molecule has 0 aliphatic heterocycles. The summed E-state index contributed by atoms with van der Waals surface area (Å²) in [5, 5.41) is 3.81. The van der Waals surface area contributed by atoms with Crippen LogP contribution in [-0.2, 0) is 4.79 Å². The molecule has 0 bridgehead atoms. The topological polar surface area (TPSA) is 38.3 Å². The van der Waals surface area contributed by atoms with Gasteiger partial charge in [0, 0.05) is 16.8 Å². The summed E-state index contributed by atoms with van der Waals surface area (Å²) in [5.41, 5.74) is 2.81. The van der Waals surface area contributed by atoms with Crippen LogP contribution in [0, 0.1) is 13.8 Å². The van der Waals surface area contributed by atoms with Crippen molar-refractivity contribution >= 4 is 34.8 Å². The third kappa shape index (κ3) is 3.93. The summed E-state index contributed by atoms with van der Waals surface area (Å²) < 4.78 is 5.61. The number of aryl methyl sites for hydroxylation is 2. The number of benzene rings is 2. The van der Waals surface area contributed by atoms with Crippen molar-refractivity contribution in [3.8, 4) is 5.75 Å². The Morgan fingerprint density at radius 3 is 2.41 bits per heavy atom. The number of nitrogens with one attached hydrogen (secondary N) is 1. The van der Waals surface area contributed by atoms with Gasteiger partial charge in [0.25, 0.3) is 5.91 Å². The Bertz CT molecular complexity index is 681. The van der Waals surface area contributed by atoms with Gasteiger partial charge in [0.05, 0.1) is 5.02 Å². The maximum atomic E-state index is 12.3. The van der Waals surface area contributed by atoms with Gasteiger partial charge in [-0.3, -0.25) is 4.79 Å². The van der Waals surface area contributed by atoms with Crippen LogP contribution in [0.1, 0.15) is 18.1 Å². The van der Waals surface area contributed by atoms with E-state index in [9.17, 15) is 4.79 Å². The first-order valence-electron chi connectivity index (χ1n) is 6.87. The predicted octanol–water partition coefficient (Wildman–Crippen LogP) is 5.02. The molecule has 0 saturated carbocycles. The van der Waals surface area contributed by atoms with Crippen LogP contribution in [0.4, 0.5) is 5.69 Å². The van der Waals surface area contributed by atoms with E-state index >= 15 is 0 Å². The van der Waals surface area contributed by atoms with Crippen molar-refractivity contribution in [2.75, 3.05) is 5.32 Å². The lowest BCUT2D eigenvalue weighted by molar-refractivity contribution is -0.122. The maximum absolute atomic E-state index is 12.3. The number of hydrogen-bond acceptors (Lipinski definition) is 2. The highest BCUT2D eigenvalue weighted by Gasteiger charge is 2.18. The highest BCUT2D eigenvalue weighted by molar-refractivity contribution is 6.34. The zero-order chi connectivity index (χ0) is 16.3. The average Bonchev–Trinajstić information content (AvgIpc) is 2.46. The maximum Gasteiger partial charge on any atom is 0.265 e. The second kappa shape index (κ2) is 7.03. The van der Waals surface area contributed by atoms with Crippen LogP contribution in [0.5, 0.6) is 5.75 Å². The van der Waals surface area contributed by atoms with Gasteiger partial charge < -0.3 is 10.1 Å². The van der Waals surface area contributed by atoms with Gasteiger partial charge in [-0.05, 0) is 44.0 Å². The molecule has 0 aromatic heterocycles. The Labute approximate surface area is 140 Å². The molecule has 2 aromatic carbocycles. The molecule has 0 aliphatic carbocycles. The first kappa shape index (κ1) is 16.7. The van der Waals surface area contributed by atoms with Crippen LogP contribution >= 0.6 is 23.2 Å². The molecule has 0 fully saturated rings. The van der Waals surface area contributed by atoms with Crippen molar-refractivity contribution in [2.24, 2.45) is 0 Å². The molecule has 3 nitrogen and oxygen atoms in total. The second-order valence-electron chi connectivity index (χ2n) is 5.09. The lowest BCUT2D eigenvalue weighted by Gasteiger charge is -2.17. The van der Waals surface area contributed by atoms with Crippen LogP contribution in [0.2, 0.25) is 10.0 Å². The largest absolute Gasteiger partial charge is 0.479 e. The van der Waals surface area contributed by atoms with Gasteiger partial charge in [0.15, 0.2) is 6.10 Å². The third-order valence-corrected chi connectivity index (χ3v) is 3.84. The quantitative estimate of drug-likeness (QED) is 0.850. The SMILES string of the molecule is Cc1cccc(C)c1NC(=O)[C@@H](C)Oc1cc(Cl)ccc1Cl. The normalized spacial score (nSPS) is 11.9. The smallest absolute Gasteiger partial charge is 0.265 e. The van der Waals surface area contributed by atoms with Crippen LogP contribution in [0.3, 0.4) is 0 Å². The van der Waals surface area contributed by atoms with Crippen LogP contribution in [0.25, 0.3) is 0 Å². The number of halogens is 2. The summed E-state index contributed by atoms with van der Waals surface area (Å²) in [4.78, 5) is 12.3. The number of carbonyl (C=O) groups is 1. The van der Waals surface area contributed by atoms with Gasteiger partial charge in [-0.25, -0.2) is 0 Å². The summed E-state index contributed by atoms with van der Waals surface area (Å²) in [6.07, 6.45) is -0.699. The fourth-order valence-electron chi connectivity index (χ4n) is 2.05. The van der Waals surface area contributed by atoms with Crippen molar-refractivity contribution in [1.82, 2.24) is 0 Å². The van der Waals surface area contributed by atoms with E-state index in [-0.39, 0.29) is 5.91 Å². The zero-order valence-corrected chi connectivity index (χ0v) is 14.1. The molecule has 22 heavy (non-hydrogen) atoms. The molecule has 0 spiro atoms. The summed E-state index contributed by atoms with van der Waals surface area (Å²) in [5.74, 6) is 0.145. The molecule has 0 unspecified atom stereocenters. The molecular formula is C17H17Cl2NO2. The lowest BCUT2D eigenvalue weighted by atomic mass is 10.1. The molecule has 0 radical (unpaired) electrons. The van der Waals surface area contributed by atoms with Gasteiger partial charge in [-0.1, -0.05) is 41.4 Å². The Kier molecular flexibility index (Phi) is 5.33. The molecule has 1 N–H and O–H groups in total. The minimum absolute atomic E-state index is 0.242. The zero-order valence-electron chi connectivity index (χ0n) is 12.6. The number of rotatable bonds is 4.